The lowest BCUT2D eigenvalue weighted by atomic mass is 9.76. The second-order valence-corrected chi connectivity index (χ2v) is 11.8. The predicted octanol–water partition coefficient (Wildman–Crippen LogP) is 8.57. The van der Waals surface area contributed by atoms with E-state index in [1.807, 2.05) is 36.4 Å². The van der Waals surface area contributed by atoms with Crippen LogP contribution in [0.1, 0.15) is 75.3 Å². The molecular formula is C31H37BrO3. The van der Waals surface area contributed by atoms with E-state index in [0.29, 0.717) is 5.75 Å². The van der Waals surface area contributed by atoms with Crippen molar-refractivity contribution >= 4 is 20.4 Å². The van der Waals surface area contributed by atoms with E-state index in [1.54, 1.807) is 14.2 Å². The molecule has 1 atom stereocenters. The van der Waals surface area contributed by atoms with Crippen molar-refractivity contribution < 1.29 is 14.6 Å². The highest BCUT2D eigenvalue weighted by Crippen LogP contribution is 2.43. The van der Waals surface area contributed by atoms with E-state index in [4.69, 9.17) is 9.47 Å². The molecule has 0 aliphatic rings. The van der Waals surface area contributed by atoms with Gasteiger partial charge in [-0.15, -0.1) is 0 Å². The van der Waals surface area contributed by atoms with Crippen molar-refractivity contribution in [2.45, 2.75) is 58.3 Å². The first-order valence-electron chi connectivity index (χ1n) is 11.9. The normalized spacial score (nSPS) is 13.5. The summed E-state index contributed by atoms with van der Waals surface area (Å²) in [6.07, 6.45) is 2.23. The fourth-order valence-corrected chi connectivity index (χ4v) is 4.70. The molecule has 0 fully saturated rings. The van der Waals surface area contributed by atoms with Crippen LogP contribution in [-0.4, -0.2) is 19.3 Å². The molecule has 0 spiro atoms. The lowest BCUT2D eigenvalue weighted by Crippen LogP contribution is -2.18. The summed E-state index contributed by atoms with van der Waals surface area (Å²) >= 11 is 3.83. The first-order valence-corrected chi connectivity index (χ1v) is 12.7. The molecule has 1 unspecified atom stereocenters. The van der Waals surface area contributed by atoms with Crippen LogP contribution in [0, 0.1) is 0 Å². The van der Waals surface area contributed by atoms with Crippen LogP contribution >= 0.6 is 15.9 Å². The largest absolute Gasteiger partial charge is 0.507 e. The molecule has 3 rings (SSSR count). The van der Waals surface area contributed by atoms with E-state index in [9.17, 15) is 5.11 Å². The number of benzene rings is 3. The van der Waals surface area contributed by atoms with Crippen LogP contribution < -0.4 is 9.47 Å². The van der Waals surface area contributed by atoms with Crippen molar-refractivity contribution in [3.63, 3.8) is 0 Å². The van der Waals surface area contributed by atoms with Gasteiger partial charge in [0.25, 0.3) is 0 Å². The van der Waals surface area contributed by atoms with Crippen molar-refractivity contribution in [1.29, 1.82) is 0 Å². The number of hydrogen-bond donors (Lipinski definition) is 1. The van der Waals surface area contributed by atoms with Gasteiger partial charge in [-0.1, -0.05) is 99.9 Å². The van der Waals surface area contributed by atoms with Gasteiger partial charge in [0, 0.05) is 10.4 Å². The zero-order chi connectivity index (χ0) is 26.0. The molecule has 0 aromatic heterocycles. The van der Waals surface area contributed by atoms with Crippen LogP contribution in [0.15, 0.2) is 66.7 Å². The minimum absolute atomic E-state index is 0.0415. The molecule has 0 aliphatic carbocycles. The van der Waals surface area contributed by atoms with Crippen LogP contribution in [0.2, 0.25) is 0 Å². The fourth-order valence-electron chi connectivity index (χ4n) is 4.17. The maximum atomic E-state index is 11.3. The average Bonchev–Trinajstić information content (AvgIpc) is 2.81. The second kappa shape index (κ2) is 10.5. The molecule has 0 saturated carbocycles. The molecule has 1 N–H and O–H groups in total. The monoisotopic (exact) mass is 536 g/mol. The van der Waals surface area contributed by atoms with Gasteiger partial charge in [-0.2, -0.15) is 0 Å². The average molecular weight is 538 g/mol. The number of aromatic hydroxyl groups is 1. The van der Waals surface area contributed by atoms with Crippen LogP contribution in [0.5, 0.6) is 17.2 Å². The maximum Gasteiger partial charge on any atom is 0.123 e. The fraction of sp³-hybridized carbons (Fsp3) is 0.355. The lowest BCUT2D eigenvalue weighted by molar-refractivity contribution is 0.414. The summed E-state index contributed by atoms with van der Waals surface area (Å²) in [7, 11) is 3.35. The predicted molar refractivity (Wildman–Crippen MR) is 150 cm³/mol. The Morgan fingerprint density at radius 1 is 0.743 bits per heavy atom. The second-order valence-electron chi connectivity index (χ2n) is 11.0. The molecule has 0 bridgehead atoms. The van der Waals surface area contributed by atoms with Gasteiger partial charge in [0.05, 0.1) is 14.2 Å². The van der Waals surface area contributed by atoms with Crippen LogP contribution in [0.25, 0.3) is 4.48 Å². The van der Waals surface area contributed by atoms with Gasteiger partial charge in [-0.3, -0.25) is 0 Å². The number of methoxy groups -OCH3 is 2. The minimum atomic E-state index is -0.207. The molecule has 3 nitrogen and oxygen atoms in total. The molecule has 0 saturated heterocycles. The Bertz CT molecular complexity index is 1140. The standard InChI is InChI=1S/C31H37BrO3/c1-30(2,3)26-17-22(18-27(29(26)33)31(4,5)6)25(20-9-13-23(34-7)14-10-20)19-28(32)21-11-15-24(35-8)16-12-21/h9-19,25,33H,1-8H3. The van der Waals surface area contributed by atoms with Gasteiger partial charge in [-0.05, 0) is 62.9 Å². The zero-order valence-corrected chi connectivity index (χ0v) is 23.7. The van der Waals surface area contributed by atoms with Crippen molar-refractivity contribution in [3.8, 4) is 17.2 Å². The van der Waals surface area contributed by atoms with E-state index < -0.39 is 0 Å². The number of allylic oxidation sites excluding steroid dienone is 1. The van der Waals surface area contributed by atoms with E-state index >= 15 is 0 Å². The Hall–Kier alpha value is -2.72. The molecule has 0 amide bonds. The van der Waals surface area contributed by atoms with Gasteiger partial charge in [-0.25, -0.2) is 0 Å². The molecule has 186 valence electrons. The van der Waals surface area contributed by atoms with Crippen LogP contribution in [0.4, 0.5) is 0 Å². The SMILES string of the molecule is COc1ccc(C(Br)=CC(c2ccc(OC)cc2)c2cc(C(C)(C)C)c(O)c(C(C)(C)C)c2)cc1. The molecule has 0 aliphatic heterocycles. The molecule has 3 aromatic carbocycles. The summed E-state index contributed by atoms with van der Waals surface area (Å²) in [6, 6.07) is 20.5. The molecule has 0 heterocycles. The van der Waals surface area contributed by atoms with Gasteiger partial charge < -0.3 is 14.6 Å². The van der Waals surface area contributed by atoms with Crippen molar-refractivity contribution in [2.24, 2.45) is 0 Å². The number of ether oxygens (including phenoxy) is 2. The van der Waals surface area contributed by atoms with Gasteiger partial charge in [0.15, 0.2) is 0 Å². The Balaban J connectivity index is 2.25. The molecule has 35 heavy (non-hydrogen) atoms. The quantitative estimate of drug-likeness (QED) is 0.342. The highest BCUT2D eigenvalue weighted by Gasteiger charge is 2.28. The van der Waals surface area contributed by atoms with E-state index in [0.717, 1.165) is 43.8 Å². The summed E-state index contributed by atoms with van der Waals surface area (Å²) in [4.78, 5) is 0. The van der Waals surface area contributed by atoms with Crippen LogP contribution in [-0.2, 0) is 10.8 Å². The van der Waals surface area contributed by atoms with E-state index in [1.165, 1.54) is 0 Å². The van der Waals surface area contributed by atoms with Gasteiger partial charge >= 0.3 is 0 Å². The first-order chi connectivity index (χ1) is 16.3. The summed E-state index contributed by atoms with van der Waals surface area (Å²) < 4.78 is 11.7. The Morgan fingerprint density at radius 3 is 1.57 bits per heavy atom. The number of rotatable bonds is 6. The van der Waals surface area contributed by atoms with E-state index in [-0.39, 0.29) is 16.7 Å². The Labute approximate surface area is 218 Å². The Morgan fingerprint density at radius 2 is 1.17 bits per heavy atom. The maximum absolute atomic E-state index is 11.3. The third-order valence-corrected chi connectivity index (χ3v) is 6.98. The molecule has 0 radical (unpaired) electrons. The lowest BCUT2D eigenvalue weighted by Gasteiger charge is -2.29. The third kappa shape index (κ3) is 6.29. The first kappa shape index (κ1) is 26.9. The Kier molecular flexibility index (Phi) is 8.06. The van der Waals surface area contributed by atoms with E-state index in [2.05, 4.69) is 87.8 Å². The highest BCUT2D eigenvalue weighted by atomic mass is 79.9. The molecule has 3 aromatic rings. The summed E-state index contributed by atoms with van der Waals surface area (Å²) in [5.74, 6) is 1.99. The number of phenols is 1. The minimum Gasteiger partial charge on any atom is -0.507 e. The van der Waals surface area contributed by atoms with Crippen molar-refractivity contribution in [3.05, 3.63) is 94.6 Å². The van der Waals surface area contributed by atoms with Crippen molar-refractivity contribution in [2.75, 3.05) is 14.2 Å². The van der Waals surface area contributed by atoms with Gasteiger partial charge in [0.1, 0.15) is 17.2 Å². The zero-order valence-electron chi connectivity index (χ0n) is 22.1. The summed E-state index contributed by atoms with van der Waals surface area (Å²) in [5.41, 5.74) is 4.83. The summed E-state index contributed by atoms with van der Waals surface area (Å²) in [5, 5.41) is 11.3. The van der Waals surface area contributed by atoms with Crippen LogP contribution in [0.3, 0.4) is 0 Å². The number of phenolic OH excluding ortho intramolecular Hbond substituents is 1. The highest BCUT2D eigenvalue weighted by molar-refractivity contribution is 9.15. The third-order valence-electron chi connectivity index (χ3n) is 6.26. The van der Waals surface area contributed by atoms with Crippen molar-refractivity contribution in [1.82, 2.24) is 0 Å². The summed E-state index contributed by atoms with van der Waals surface area (Å²) in [6.45, 7) is 12.9. The number of halogens is 1. The molecular weight excluding hydrogens is 500 g/mol. The van der Waals surface area contributed by atoms with Gasteiger partial charge in [0.2, 0.25) is 0 Å². The number of hydrogen-bond acceptors (Lipinski definition) is 3. The smallest absolute Gasteiger partial charge is 0.123 e. The molecule has 4 heteroatoms. The topological polar surface area (TPSA) is 38.7 Å².